The van der Waals surface area contributed by atoms with E-state index in [1.165, 1.54) is 5.56 Å². The van der Waals surface area contributed by atoms with Crippen LogP contribution in [0.2, 0.25) is 0 Å². The molecule has 0 spiro atoms. The first kappa shape index (κ1) is 13.8. The molecule has 102 valence electrons. The molecule has 0 aliphatic heterocycles. The van der Waals surface area contributed by atoms with E-state index in [0.29, 0.717) is 5.92 Å². The summed E-state index contributed by atoms with van der Waals surface area (Å²) in [6, 6.07) is 8.19. The van der Waals surface area contributed by atoms with Gasteiger partial charge in [-0.25, -0.2) is 0 Å². The largest absolute Gasteiger partial charge is 0.384 e. The monoisotopic (exact) mass is 258 g/mol. The van der Waals surface area contributed by atoms with Gasteiger partial charge in [-0.1, -0.05) is 45.0 Å². The molecule has 0 fully saturated rings. The van der Waals surface area contributed by atoms with Crippen molar-refractivity contribution >= 4 is 0 Å². The molecule has 1 N–H and O–H groups in total. The van der Waals surface area contributed by atoms with Crippen LogP contribution in [0.3, 0.4) is 0 Å². The summed E-state index contributed by atoms with van der Waals surface area (Å²) in [5.74, 6) is 0.510. The van der Waals surface area contributed by atoms with Crippen LogP contribution in [0, 0.1) is 0 Å². The molecule has 0 aliphatic carbocycles. The van der Waals surface area contributed by atoms with Gasteiger partial charge in [-0.15, -0.1) is 0 Å². The maximum Gasteiger partial charge on any atom is 0.107 e. The number of nitrogens with zero attached hydrogens (tertiary/aromatic N) is 2. The lowest BCUT2D eigenvalue weighted by molar-refractivity contribution is 0.219. The lowest BCUT2D eigenvalue weighted by atomic mass is 9.97. The summed E-state index contributed by atoms with van der Waals surface area (Å²) >= 11 is 0. The molecule has 1 unspecified atom stereocenters. The van der Waals surface area contributed by atoms with E-state index in [9.17, 15) is 5.11 Å². The first-order valence-corrected chi connectivity index (χ1v) is 6.83. The van der Waals surface area contributed by atoms with Crippen molar-refractivity contribution in [3.63, 3.8) is 0 Å². The maximum atomic E-state index is 10.5. The fourth-order valence-corrected chi connectivity index (χ4v) is 2.30. The van der Waals surface area contributed by atoms with Gasteiger partial charge in [-0.05, 0) is 23.5 Å². The Kier molecular flexibility index (Phi) is 4.05. The first-order valence-electron chi connectivity index (χ1n) is 6.83. The number of hydrogen-bond donors (Lipinski definition) is 1. The topological polar surface area (TPSA) is 38.0 Å². The summed E-state index contributed by atoms with van der Waals surface area (Å²) in [7, 11) is 1.89. The maximum absolute atomic E-state index is 10.5. The zero-order valence-electron chi connectivity index (χ0n) is 12.1. The van der Waals surface area contributed by atoms with Gasteiger partial charge in [0.1, 0.15) is 6.10 Å². The Morgan fingerprint density at radius 3 is 2.26 bits per heavy atom. The number of aromatic nitrogens is 2. The average molecular weight is 258 g/mol. The second-order valence-corrected chi connectivity index (χ2v) is 5.28. The van der Waals surface area contributed by atoms with Crippen LogP contribution in [0.5, 0.6) is 0 Å². The third kappa shape index (κ3) is 2.87. The van der Waals surface area contributed by atoms with Crippen LogP contribution in [-0.2, 0) is 13.5 Å². The Morgan fingerprint density at radius 1 is 1.16 bits per heavy atom. The molecule has 1 atom stereocenters. The van der Waals surface area contributed by atoms with Crippen molar-refractivity contribution in [2.24, 2.45) is 7.05 Å². The normalized spacial score (nSPS) is 12.9. The van der Waals surface area contributed by atoms with Crippen LogP contribution < -0.4 is 0 Å². The molecule has 0 saturated carbocycles. The van der Waals surface area contributed by atoms with Gasteiger partial charge < -0.3 is 5.11 Å². The van der Waals surface area contributed by atoms with Gasteiger partial charge in [-0.3, -0.25) is 4.68 Å². The third-order valence-electron chi connectivity index (χ3n) is 3.49. The molecule has 0 radical (unpaired) electrons. The van der Waals surface area contributed by atoms with E-state index in [-0.39, 0.29) is 0 Å². The number of rotatable bonds is 4. The molecule has 0 aliphatic rings. The summed E-state index contributed by atoms with van der Waals surface area (Å²) in [5.41, 5.74) is 4.08. The second kappa shape index (κ2) is 5.57. The van der Waals surface area contributed by atoms with Crippen LogP contribution >= 0.6 is 0 Å². The molecule has 19 heavy (non-hydrogen) atoms. The van der Waals surface area contributed by atoms with Gasteiger partial charge in [-0.2, -0.15) is 5.10 Å². The smallest absolute Gasteiger partial charge is 0.107 e. The van der Waals surface area contributed by atoms with E-state index in [2.05, 4.69) is 38.0 Å². The second-order valence-electron chi connectivity index (χ2n) is 5.28. The van der Waals surface area contributed by atoms with E-state index in [0.717, 1.165) is 23.2 Å². The number of aliphatic hydroxyl groups is 1. The molecule has 2 rings (SSSR count). The summed E-state index contributed by atoms with van der Waals surface area (Å²) in [6.45, 7) is 6.39. The highest BCUT2D eigenvalue weighted by Gasteiger charge is 2.17. The van der Waals surface area contributed by atoms with Crippen molar-refractivity contribution in [2.45, 2.75) is 39.2 Å². The molecule has 0 amide bonds. The Balaban J connectivity index is 2.30. The fourth-order valence-electron chi connectivity index (χ4n) is 2.30. The molecular formula is C16H22N2O. The van der Waals surface area contributed by atoms with Gasteiger partial charge in [0.2, 0.25) is 0 Å². The fraction of sp³-hybridized carbons (Fsp3) is 0.438. The summed E-state index contributed by atoms with van der Waals surface area (Å²) < 4.78 is 1.76. The standard InChI is InChI=1S/C16H22N2O/c1-5-15-14(10-18(4)17-15)16(19)13-8-6-12(7-9-13)11(2)3/h6-11,16,19H,5H2,1-4H3. The number of hydrogen-bond acceptors (Lipinski definition) is 2. The summed E-state index contributed by atoms with van der Waals surface area (Å²) in [6.07, 6.45) is 2.14. The van der Waals surface area contributed by atoms with Crippen molar-refractivity contribution in [2.75, 3.05) is 0 Å². The van der Waals surface area contributed by atoms with E-state index < -0.39 is 6.10 Å². The molecule has 0 saturated heterocycles. The van der Waals surface area contributed by atoms with Gasteiger partial charge in [0, 0.05) is 18.8 Å². The minimum Gasteiger partial charge on any atom is -0.384 e. The number of aliphatic hydroxyl groups excluding tert-OH is 1. The van der Waals surface area contributed by atoms with E-state index in [4.69, 9.17) is 0 Å². The zero-order valence-corrected chi connectivity index (χ0v) is 12.1. The third-order valence-corrected chi connectivity index (χ3v) is 3.49. The van der Waals surface area contributed by atoms with Gasteiger partial charge in [0.05, 0.1) is 5.69 Å². The minimum atomic E-state index is -0.593. The van der Waals surface area contributed by atoms with Gasteiger partial charge in [0.15, 0.2) is 0 Å². The lowest BCUT2D eigenvalue weighted by Gasteiger charge is -2.12. The number of aryl methyl sites for hydroxylation is 2. The Bertz CT molecular complexity index is 540. The predicted octanol–water partition coefficient (Wildman–Crippen LogP) is 3.19. The van der Waals surface area contributed by atoms with Gasteiger partial charge in [0.25, 0.3) is 0 Å². The lowest BCUT2D eigenvalue weighted by Crippen LogP contribution is -2.02. The van der Waals surface area contributed by atoms with E-state index in [1.807, 2.05) is 25.4 Å². The van der Waals surface area contributed by atoms with Crippen molar-refractivity contribution < 1.29 is 5.11 Å². The van der Waals surface area contributed by atoms with Crippen molar-refractivity contribution in [1.82, 2.24) is 9.78 Å². The van der Waals surface area contributed by atoms with Crippen LogP contribution in [-0.4, -0.2) is 14.9 Å². The van der Waals surface area contributed by atoms with Crippen molar-refractivity contribution in [1.29, 1.82) is 0 Å². The summed E-state index contributed by atoms with van der Waals surface area (Å²) in [4.78, 5) is 0. The molecular weight excluding hydrogens is 236 g/mol. The van der Waals surface area contributed by atoms with Crippen LogP contribution in [0.15, 0.2) is 30.5 Å². The van der Waals surface area contributed by atoms with Gasteiger partial charge >= 0.3 is 0 Å². The van der Waals surface area contributed by atoms with Crippen LogP contribution in [0.4, 0.5) is 0 Å². The van der Waals surface area contributed by atoms with Crippen molar-refractivity contribution in [3.05, 3.63) is 52.8 Å². The SMILES string of the molecule is CCc1nn(C)cc1C(O)c1ccc(C(C)C)cc1. The Hall–Kier alpha value is -1.61. The van der Waals surface area contributed by atoms with Crippen molar-refractivity contribution in [3.8, 4) is 0 Å². The molecule has 1 aromatic heterocycles. The highest BCUT2D eigenvalue weighted by Crippen LogP contribution is 2.26. The number of benzene rings is 1. The molecule has 3 heteroatoms. The quantitative estimate of drug-likeness (QED) is 0.914. The highest BCUT2D eigenvalue weighted by molar-refractivity contribution is 5.33. The highest BCUT2D eigenvalue weighted by atomic mass is 16.3. The van der Waals surface area contributed by atoms with Crippen LogP contribution in [0.1, 0.15) is 55.2 Å². The molecule has 1 aromatic carbocycles. The predicted molar refractivity (Wildman–Crippen MR) is 77.2 cm³/mol. The van der Waals surface area contributed by atoms with E-state index >= 15 is 0 Å². The van der Waals surface area contributed by atoms with Crippen LogP contribution in [0.25, 0.3) is 0 Å². The Morgan fingerprint density at radius 2 is 1.74 bits per heavy atom. The molecule has 0 bridgehead atoms. The molecule has 1 heterocycles. The molecule has 2 aromatic rings. The minimum absolute atomic E-state index is 0.510. The Labute approximate surface area is 114 Å². The molecule has 3 nitrogen and oxygen atoms in total. The average Bonchev–Trinajstić information content (AvgIpc) is 2.79. The summed E-state index contributed by atoms with van der Waals surface area (Å²) in [5, 5.41) is 14.9. The van der Waals surface area contributed by atoms with E-state index in [1.54, 1.807) is 4.68 Å². The zero-order chi connectivity index (χ0) is 14.0. The first-order chi connectivity index (χ1) is 9.02.